The maximum Gasteiger partial charge on any atom is 0.586 e. The summed E-state index contributed by atoms with van der Waals surface area (Å²) in [5.41, 5.74) is 6.81. The zero-order valence-corrected chi connectivity index (χ0v) is 15.3. The number of ether oxygens (including phenoxy) is 2. The fourth-order valence-corrected chi connectivity index (χ4v) is 2.93. The van der Waals surface area contributed by atoms with Gasteiger partial charge < -0.3 is 20.5 Å². The number of halogens is 3. The molecule has 7 nitrogen and oxygen atoms in total. The zero-order valence-electron chi connectivity index (χ0n) is 13.8. The van der Waals surface area contributed by atoms with Crippen LogP contribution < -0.4 is 25.7 Å². The predicted octanol–water partition coefficient (Wildman–Crippen LogP) is 3.46. The first kappa shape index (κ1) is 19.2. The van der Waals surface area contributed by atoms with Crippen LogP contribution in [0.25, 0.3) is 11.1 Å². The number of alkyl halides is 2. The summed E-state index contributed by atoms with van der Waals surface area (Å²) < 4.78 is 35.1. The summed E-state index contributed by atoms with van der Waals surface area (Å²) in [4.78, 5) is 16.3. The summed E-state index contributed by atoms with van der Waals surface area (Å²) in [6.45, 7) is 1.55. The van der Waals surface area contributed by atoms with E-state index in [1.807, 2.05) is 0 Å². The van der Waals surface area contributed by atoms with Gasteiger partial charge in [-0.1, -0.05) is 11.6 Å². The Balaban J connectivity index is 1.83. The van der Waals surface area contributed by atoms with Gasteiger partial charge in [-0.05, 0) is 37.1 Å². The van der Waals surface area contributed by atoms with E-state index < -0.39 is 12.2 Å². The van der Waals surface area contributed by atoms with Crippen LogP contribution in [0.15, 0.2) is 41.1 Å². The number of amides is 1. The topological polar surface area (TPSA) is 112 Å². The first-order valence-electron chi connectivity index (χ1n) is 7.40. The molecule has 1 aromatic heterocycles. The standard InChI is InChI=1S/C16H13ClF2N4O3S/c1-7(20)14(27-21)15(24)23-13-3-2-8(6-22-13)9-4-11-12(5-10(9)17)26-16(18,19)25-11/h2-6H,20-21H2,1H3,(H,22,23,24)/b14-7-. The second-order valence-corrected chi connectivity index (χ2v) is 6.51. The Hall–Kier alpha value is -2.56. The molecule has 27 heavy (non-hydrogen) atoms. The fourth-order valence-electron chi connectivity index (χ4n) is 2.32. The van der Waals surface area contributed by atoms with Crippen molar-refractivity contribution in [1.29, 1.82) is 0 Å². The molecule has 2 heterocycles. The number of nitrogens with two attached hydrogens (primary N) is 2. The predicted molar refractivity (Wildman–Crippen MR) is 98.2 cm³/mol. The maximum absolute atomic E-state index is 13.2. The molecule has 11 heteroatoms. The third-order valence-corrected chi connectivity index (χ3v) is 4.55. The highest BCUT2D eigenvalue weighted by Crippen LogP contribution is 2.45. The molecule has 0 saturated carbocycles. The van der Waals surface area contributed by atoms with Crippen LogP contribution in [0.4, 0.5) is 14.6 Å². The first-order chi connectivity index (χ1) is 12.7. The van der Waals surface area contributed by atoms with Crippen molar-refractivity contribution >= 4 is 35.3 Å². The second kappa shape index (κ2) is 7.22. The Morgan fingerprint density at radius 1 is 1.30 bits per heavy atom. The highest BCUT2D eigenvalue weighted by Gasteiger charge is 2.43. The largest absolute Gasteiger partial charge is 0.586 e. The first-order valence-corrected chi connectivity index (χ1v) is 8.66. The molecule has 0 radical (unpaired) electrons. The molecule has 0 saturated heterocycles. The van der Waals surface area contributed by atoms with Crippen LogP contribution in [0.2, 0.25) is 5.02 Å². The van der Waals surface area contributed by atoms with Crippen molar-refractivity contribution in [3.05, 3.63) is 46.1 Å². The van der Waals surface area contributed by atoms with Gasteiger partial charge in [-0.15, -0.1) is 8.78 Å². The smallest absolute Gasteiger partial charge is 0.401 e. The van der Waals surface area contributed by atoms with Crippen molar-refractivity contribution in [1.82, 2.24) is 4.98 Å². The summed E-state index contributed by atoms with van der Waals surface area (Å²) in [5, 5.41) is 8.15. The minimum Gasteiger partial charge on any atom is -0.401 e. The van der Waals surface area contributed by atoms with E-state index >= 15 is 0 Å². The highest BCUT2D eigenvalue weighted by molar-refractivity contribution is 8.01. The fraction of sp³-hybridized carbons (Fsp3) is 0.125. The van der Waals surface area contributed by atoms with Crippen LogP contribution in [-0.4, -0.2) is 17.2 Å². The number of nitrogens with one attached hydrogen (secondary N) is 1. The lowest BCUT2D eigenvalue weighted by Gasteiger charge is -2.09. The number of hydrogen-bond acceptors (Lipinski definition) is 7. The molecule has 0 aliphatic carbocycles. The Morgan fingerprint density at radius 2 is 1.96 bits per heavy atom. The summed E-state index contributed by atoms with van der Waals surface area (Å²) in [7, 11) is 0. The number of rotatable bonds is 4. The van der Waals surface area contributed by atoms with Crippen LogP contribution in [0.1, 0.15) is 6.92 Å². The van der Waals surface area contributed by atoms with E-state index in [1.54, 1.807) is 13.0 Å². The Bertz CT molecular complexity index is 934. The third kappa shape index (κ3) is 4.07. The lowest BCUT2D eigenvalue weighted by atomic mass is 10.1. The lowest BCUT2D eigenvalue weighted by Crippen LogP contribution is -2.25. The lowest BCUT2D eigenvalue weighted by molar-refractivity contribution is -0.286. The molecule has 0 bridgehead atoms. The van der Waals surface area contributed by atoms with Crippen molar-refractivity contribution in [3.8, 4) is 22.6 Å². The molecule has 142 valence electrons. The molecular formula is C16H13ClF2N4O3S. The number of pyridine rings is 1. The molecule has 0 unspecified atom stereocenters. The van der Waals surface area contributed by atoms with Gasteiger partial charge in [0.15, 0.2) is 11.5 Å². The quantitative estimate of drug-likeness (QED) is 0.518. The molecule has 2 aromatic rings. The second-order valence-electron chi connectivity index (χ2n) is 5.46. The van der Waals surface area contributed by atoms with Gasteiger partial charge in [-0.2, -0.15) is 0 Å². The zero-order chi connectivity index (χ0) is 19.8. The van der Waals surface area contributed by atoms with Crippen LogP contribution in [0, 0.1) is 0 Å². The number of carbonyl (C=O) groups excluding carboxylic acids is 1. The summed E-state index contributed by atoms with van der Waals surface area (Å²) >= 11 is 6.87. The van der Waals surface area contributed by atoms with Gasteiger partial charge in [0.05, 0.1) is 5.02 Å². The van der Waals surface area contributed by atoms with Crippen molar-refractivity contribution in [2.24, 2.45) is 10.9 Å². The monoisotopic (exact) mass is 414 g/mol. The molecule has 0 fully saturated rings. The molecular weight excluding hydrogens is 402 g/mol. The Morgan fingerprint density at radius 3 is 2.52 bits per heavy atom. The highest BCUT2D eigenvalue weighted by atomic mass is 35.5. The molecule has 5 N–H and O–H groups in total. The number of fused-ring (bicyclic) bond motifs is 1. The van der Waals surface area contributed by atoms with E-state index in [0.717, 1.165) is 11.9 Å². The SMILES string of the molecule is C/C(N)=C(/SN)C(=O)Nc1ccc(-c2cc3c(cc2Cl)OC(F)(F)O3)cn1. The van der Waals surface area contributed by atoms with E-state index in [9.17, 15) is 13.6 Å². The van der Waals surface area contributed by atoms with E-state index in [2.05, 4.69) is 19.8 Å². The van der Waals surface area contributed by atoms with Gasteiger partial charge >= 0.3 is 6.29 Å². The average Bonchev–Trinajstić information content (AvgIpc) is 2.88. The number of nitrogens with zero attached hydrogens (tertiary/aromatic N) is 1. The molecule has 0 spiro atoms. The van der Waals surface area contributed by atoms with Crippen molar-refractivity contribution < 1.29 is 23.0 Å². The molecule has 3 rings (SSSR count). The van der Waals surface area contributed by atoms with E-state index in [1.165, 1.54) is 24.4 Å². The molecule has 0 atom stereocenters. The van der Waals surface area contributed by atoms with Crippen LogP contribution >= 0.6 is 23.5 Å². The number of allylic oxidation sites excluding steroid dienone is 1. The maximum atomic E-state index is 13.2. The van der Waals surface area contributed by atoms with E-state index in [-0.39, 0.29) is 32.9 Å². The van der Waals surface area contributed by atoms with Crippen LogP contribution in [-0.2, 0) is 4.79 Å². The molecule has 1 aromatic carbocycles. The average molecular weight is 415 g/mol. The van der Waals surface area contributed by atoms with Gasteiger partial charge in [0.1, 0.15) is 10.7 Å². The summed E-state index contributed by atoms with van der Waals surface area (Å²) in [6.07, 6.45) is -2.31. The molecule has 1 amide bonds. The Labute approximate surface area is 161 Å². The van der Waals surface area contributed by atoms with Crippen LogP contribution in [0.3, 0.4) is 0 Å². The number of benzene rings is 1. The van der Waals surface area contributed by atoms with Gasteiger partial charge in [0.2, 0.25) is 0 Å². The summed E-state index contributed by atoms with van der Waals surface area (Å²) in [6, 6.07) is 5.70. The third-order valence-electron chi connectivity index (χ3n) is 3.49. The summed E-state index contributed by atoms with van der Waals surface area (Å²) in [5.74, 6) is -0.530. The number of hydrogen-bond donors (Lipinski definition) is 3. The van der Waals surface area contributed by atoms with Gasteiger partial charge in [0.25, 0.3) is 5.91 Å². The van der Waals surface area contributed by atoms with Crippen molar-refractivity contribution in [3.63, 3.8) is 0 Å². The Kier molecular flexibility index (Phi) is 5.13. The number of aromatic nitrogens is 1. The molecule has 1 aliphatic rings. The van der Waals surface area contributed by atoms with E-state index in [4.69, 9.17) is 22.5 Å². The van der Waals surface area contributed by atoms with E-state index in [0.29, 0.717) is 11.1 Å². The number of anilines is 1. The normalized spacial score (nSPS) is 15.3. The van der Waals surface area contributed by atoms with Crippen molar-refractivity contribution in [2.75, 3.05) is 5.32 Å². The minimum atomic E-state index is -3.73. The minimum absolute atomic E-state index is 0.134. The number of carbonyl (C=O) groups is 1. The molecule has 1 aliphatic heterocycles. The van der Waals surface area contributed by atoms with Gasteiger partial charge in [-0.25, -0.2) is 4.98 Å². The van der Waals surface area contributed by atoms with Gasteiger partial charge in [0, 0.05) is 29.1 Å². The van der Waals surface area contributed by atoms with Gasteiger partial charge in [-0.3, -0.25) is 9.93 Å². The van der Waals surface area contributed by atoms with Crippen LogP contribution in [0.5, 0.6) is 11.5 Å². The van der Waals surface area contributed by atoms with Crippen molar-refractivity contribution in [2.45, 2.75) is 13.2 Å².